The fourth-order valence-electron chi connectivity index (χ4n) is 2.45. The highest BCUT2D eigenvalue weighted by Crippen LogP contribution is 2.17. The maximum atomic E-state index is 12.3. The van der Waals surface area contributed by atoms with Gasteiger partial charge in [-0.15, -0.1) is 0 Å². The van der Waals surface area contributed by atoms with Crippen LogP contribution in [0.1, 0.15) is 44.0 Å². The van der Waals surface area contributed by atoms with Crippen LogP contribution in [0.25, 0.3) is 10.8 Å². The molecular weight excluding hydrogens is 318 g/mol. The van der Waals surface area contributed by atoms with E-state index in [1.54, 1.807) is 26.8 Å². The lowest BCUT2D eigenvalue weighted by Gasteiger charge is -2.20. The van der Waals surface area contributed by atoms with Crippen LogP contribution in [0.2, 0.25) is 0 Å². The van der Waals surface area contributed by atoms with Gasteiger partial charge in [-0.05, 0) is 44.0 Å². The second-order valence-corrected chi connectivity index (χ2v) is 7.06. The molecule has 0 radical (unpaired) electrons. The van der Waals surface area contributed by atoms with Gasteiger partial charge in [-0.3, -0.25) is 4.79 Å². The highest BCUT2D eigenvalue weighted by molar-refractivity contribution is 6.00. The van der Waals surface area contributed by atoms with Crippen molar-refractivity contribution in [3.63, 3.8) is 0 Å². The van der Waals surface area contributed by atoms with Crippen molar-refractivity contribution in [2.75, 3.05) is 6.54 Å². The van der Waals surface area contributed by atoms with E-state index in [0.29, 0.717) is 12.0 Å². The minimum Gasteiger partial charge on any atom is -0.444 e. The smallest absolute Gasteiger partial charge is 0.407 e. The summed E-state index contributed by atoms with van der Waals surface area (Å²) in [5.41, 5.74) is 0.0206. The van der Waals surface area contributed by atoms with Crippen molar-refractivity contribution in [3.05, 3.63) is 48.0 Å². The van der Waals surface area contributed by atoms with E-state index in [9.17, 15) is 14.7 Å². The van der Waals surface area contributed by atoms with Crippen LogP contribution in [-0.4, -0.2) is 35.2 Å². The molecule has 1 amide bonds. The van der Waals surface area contributed by atoms with Crippen LogP contribution in [0.4, 0.5) is 4.79 Å². The number of Topliss-reactive ketones (excluding diaryl/α,β-unsaturated/α-hetero) is 1. The van der Waals surface area contributed by atoms with Crippen molar-refractivity contribution >= 4 is 22.6 Å². The summed E-state index contributed by atoms with van der Waals surface area (Å²) in [6.45, 7) is 5.60. The van der Waals surface area contributed by atoms with Crippen LogP contribution in [0, 0.1) is 0 Å². The quantitative estimate of drug-likeness (QED) is 0.785. The van der Waals surface area contributed by atoms with Gasteiger partial charge in [0.15, 0.2) is 5.78 Å². The minimum absolute atomic E-state index is 0.0222. The van der Waals surface area contributed by atoms with Crippen LogP contribution in [0.5, 0.6) is 0 Å². The van der Waals surface area contributed by atoms with E-state index in [2.05, 4.69) is 5.32 Å². The molecule has 1 unspecified atom stereocenters. The summed E-state index contributed by atoms with van der Waals surface area (Å²) in [4.78, 5) is 23.8. The molecule has 1 atom stereocenters. The molecule has 25 heavy (non-hydrogen) atoms. The van der Waals surface area contributed by atoms with E-state index < -0.39 is 17.8 Å². The normalized spacial score (nSPS) is 12.6. The topological polar surface area (TPSA) is 75.6 Å². The van der Waals surface area contributed by atoms with Gasteiger partial charge >= 0.3 is 6.09 Å². The van der Waals surface area contributed by atoms with E-state index in [1.807, 2.05) is 36.4 Å². The second kappa shape index (κ2) is 8.12. The van der Waals surface area contributed by atoms with E-state index in [0.717, 1.165) is 10.8 Å². The molecule has 0 bridgehead atoms. The first kappa shape index (κ1) is 18.9. The molecule has 0 saturated carbocycles. The average molecular weight is 343 g/mol. The number of alkyl carbamates (subject to hydrolysis) is 1. The monoisotopic (exact) mass is 343 g/mol. The van der Waals surface area contributed by atoms with E-state index in [1.165, 1.54) is 0 Å². The number of hydrogen-bond donors (Lipinski definition) is 2. The van der Waals surface area contributed by atoms with Crippen molar-refractivity contribution in [2.24, 2.45) is 0 Å². The average Bonchev–Trinajstić information content (AvgIpc) is 2.52. The molecule has 2 aromatic carbocycles. The van der Waals surface area contributed by atoms with Crippen molar-refractivity contribution in [1.29, 1.82) is 0 Å². The molecule has 5 heteroatoms. The Kier molecular flexibility index (Phi) is 6.15. The van der Waals surface area contributed by atoms with Gasteiger partial charge in [0, 0.05) is 18.5 Å². The van der Waals surface area contributed by atoms with Gasteiger partial charge in [0.05, 0.1) is 6.10 Å². The number of ether oxygens (including phenoxy) is 1. The molecule has 2 aromatic rings. The summed E-state index contributed by atoms with van der Waals surface area (Å²) in [5.74, 6) is -0.115. The van der Waals surface area contributed by atoms with Gasteiger partial charge in [0.25, 0.3) is 0 Å². The molecular formula is C20H25NO4. The largest absolute Gasteiger partial charge is 0.444 e. The van der Waals surface area contributed by atoms with Gasteiger partial charge < -0.3 is 15.2 Å². The number of benzene rings is 2. The molecule has 0 aromatic heterocycles. The Balaban J connectivity index is 1.82. The van der Waals surface area contributed by atoms with Gasteiger partial charge in [0.2, 0.25) is 0 Å². The summed E-state index contributed by atoms with van der Waals surface area (Å²) >= 11 is 0. The number of fused-ring (bicyclic) bond motifs is 1. The Hall–Kier alpha value is -2.40. The fourth-order valence-corrected chi connectivity index (χ4v) is 2.45. The summed E-state index contributed by atoms with van der Waals surface area (Å²) in [5, 5.41) is 14.7. The van der Waals surface area contributed by atoms with Crippen LogP contribution < -0.4 is 5.32 Å². The standard InChI is InChI=1S/C20H25NO4/c1-20(2,3)25-19(24)21-11-10-17(22)13-18(23)16-9-8-14-6-4-5-7-15(14)12-16/h4-9,12,17,22H,10-11,13H2,1-3H3,(H,21,24). The zero-order valence-corrected chi connectivity index (χ0v) is 14.9. The highest BCUT2D eigenvalue weighted by Gasteiger charge is 2.17. The summed E-state index contributed by atoms with van der Waals surface area (Å²) in [7, 11) is 0. The predicted octanol–water partition coefficient (Wildman–Crippen LogP) is 3.69. The molecule has 0 aliphatic rings. The minimum atomic E-state index is -0.811. The number of ketones is 1. The third-order valence-corrected chi connectivity index (χ3v) is 3.64. The Bertz CT molecular complexity index is 749. The fraction of sp³-hybridized carbons (Fsp3) is 0.400. The van der Waals surface area contributed by atoms with E-state index in [4.69, 9.17) is 4.74 Å². The van der Waals surface area contributed by atoms with Gasteiger partial charge in [0.1, 0.15) is 5.60 Å². The lowest BCUT2D eigenvalue weighted by molar-refractivity contribution is 0.0518. The number of aliphatic hydroxyl groups is 1. The van der Waals surface area contributed by atoms with Gasteiger partial charge in [-0.25, -0.2) is 4.79 Å². The zero-order chi connectivity index (χ0) is 18.4. The third kappa shape index (κ3) is 6.19. The lowest BCUT2D eigenvalue weighted by atomic mass is 10.0. The van der Waals surface area contributed by atoms with Crippen molar-refractivity contribution < 1.29 is 19.4 Å². The molecule has 0 spiro atoms. The molecule has 0 aliphatic heterocycles. The Labute approximate surface area is 148 Å². The summed E-state index contributed by atoms with van der Waals surface area (Å²) in [6, 6.07) is 13.3. The Morgan fingerprint density at radius 3 is 2.48 bits per heavy atom. The Morgan fingerprint density at radius 2 is 1.80 bits per heavy atom. The predicted molar refractivity (Wildman–Crippen MR) is 97.8 cm³/mol. The molecule has 0 saturated heterocycles. The lowest BCUT2D eigenvalue weighted by Crippen LogP contribution is -2.34. The number of carbonyl (C=O) groups excluding carboxylic acids is 2. The molecule has 0 heterocycles. The first-order valence-electron chi connectivity index (χ1n) is 8.41. The first-order valence-corrected chi connectivity index (χ1v) is 8.41. The maximum absolute atomic E-state index is 12.3. The number of rotatable bonds is 6. The number of carbonyl (C=O) groups is 2. The van der Waals surface area contributed by atoms with E-state index in [-0.39, 0.29) is 18.7 Å². The van der Waals surface area contributed by atoms with Crippen molar-refractivity contribution in [2.45, 2.75) is 45.3 Å². The zero-order valence-electron chi connectivity index (χ0n) is 14.9. The third-order valence-electron chi connectivity index (χ3n) is 3.64. The summed E-state index contributed by atoms with van der Waals surface area (Å²) in [6.07, 6.45) is -1.03. The Morgan fingerprint density at radius 1 is 1.12 bits per heavy atom. The van der Waals surface area contributed by atoms with Crippen LogP contribution in [0.15, 0.2) is 42.5 Å². The number of amides is 1. The highest BCUT2D eigenvalue weighted by atomic mass is 16.6. The number of aliphatic hydroxyl groups excluding tert-OH is 1. The molecule has 5 nitrogen and oxygen atoms in total. The van der Waals surface area contributed by atoms with Crippen LogP contribution in [0.3, 0.4) is 0 Å². The second-order valence-electron chi connectivity index (χ2n) is 7.06. The van der Waals surface area contributed by atoms with E-state index >= 15 is 0 Å². The SMILES string of the molecule is CC(C)(C)OC(=O)NCCC(O)CC(=O)c1ccc2ccccc2c1. The maximum Gasteiger partial charge on any atom is 0.407 e. The molecule has 0 aliphatic carbocycles. The molecule has 2 rings (SSSR count). The molecule has 134 valence electrons. The van der Waals surface area contributed by atoms with Crippen molar-refractivity contribution in [1.82, 2.24) is 5.32 Å². The van der Waals surface area contributed by atoms with Gasteiger partial charge in [-0.2, -0.15) is 0 Å². The van der Waals surface area contributed by atoms with Gasteiger partial charge in [-0.1, -0.05) is 36.4 Å². The van der Waals surface area contributed by atoms with Crippen LogP contribution >= 0.6 is 0 Å². The molecule has 2 N–H and O–H groups in total. The van der Waals surface area contributed by atoms with Crippen molar-refractivity contribution in [3.8, 4) is 0 Å². The number of hydrogen-bond acceptors (Lipinski definition) is 4. The van der Waals surface area contributed by atoms with Crippen LogP contribution in [-0.2, 0) is 4.74 Å². The molecule has 0 fully saturated rings. The summed E-state index contributed by atoms with van der Waals surface area (Å²) < 4.78 is 5.11. The number of nitrogens with one attached hydrogen (secondary N) is 1. The first-order chi connectivity index (χ1) is 11.7.